The van der Waals surface area contributed by atoms with Crippen LogP contribution in [-0.2, 0) is 0 Å². The molecule has 2 nitrogen and oxygen atoms in total. The highest BCUT2D eigenvalue weighted by Crippen LogP contribution is 2.39. The molecule has 3 rings (SSSR count). The van der Waals surface area contributed by atoms with Crippen molar-refractivity contribution in [3.63, 3.8) is 0 Å². The smallest absolute Gasteiger partial charge is 0.101 e. The van der Waals surface area contributed by atoms with E-state index in [-0.39, 0.29) is 0 Å². The van der Waals surface area contributed by atoms with Gasteiger partial charge in [-0.05, 0) is 43.7 Å². The maximum Gasteiger partial charge on any atom is 0.101 e. The zero-order valence-electron chi connectivity index (χ0n) is 10.1. The molecule has 1 heterocycles. The normalized spacial score (nSPS) is 27.6. The van der Waals surface area contributed by atoms with Crippen LogP contribution in [0.3, 0.4) is 0 Å². The number of nitrogens with zero attached hydrogens (tertiary/aromatic N) is 2. The predicted octanol–water partition coefficient (Wildman–Crippen LogP) is 3.33. The van der Waals surface area contributed by atoms with Crippen LogP contribution < -0.4 is 4.90 Å². The summed E-state index contributed by atoms with van der Waals surface area (Å²) in [6.07, 6.45) is 6.72. The van der Waals surface area contributed by atoms with Gasteiger partial charge in [0, 0.05) is 12.6 Å². The molecule has 0 bridgehead atoms. The van der Waals surface area contributed by atoms with Gasteiger partial charge in [-0.3, -0.25) is 0 Å². The van der Waals surface area contributed by atoms with Crippen LogP contribution in [0, 0.1) is 17.2 Å². The Balaban J connectivity index is 1.95. The summed E-state index contributed by atoms with van der Waals surface area (Å²) in [4.78, 5) is 2.50. The molecule has 2 fully saturated rings. The molecule has 2 unspecified atom stereocenters. The molecule has 2 aliphatic rings. The van der Waals surface area contributed by atoms with Gasteiger partial charge in [-0.15, -0.1) is 0 Å². The maximum atomic E-state index is 9.21. The number of hydrogen-bond donors (Lipinski definition) is 0. The van der Waals surface area contributed by atoms with Gasteiger partial charge in [-0.2, -0.15) is 5.26 Å². The fourth-order valence-electron chi connectivity index (χ4n) is 3.57. The summed E-state index contributed by atoms with van der Waals surface area (Å²) in [5, 5.41) is 9.21. The highest BCUT2D eigenvalue weighted by atomic mass is 15.2. The van der Waals surface area contributed by atoms with Gasteiger partial charge in [-0.1, -0.05) is 18.6 Å². The average molecular weight is 226 g/mol. The quantitative estimate of drug-likeness (QED) is 0.734. The Morgan fingerprint density at radius 2 is 1.94 bits per heavy atom. The van der Waals surface area contributed by atoms with E-state index in [0.717, 1.165) is 23.7 Å². The van der Waals surface area contributed by atoms with Crippen molar-refractivity contribution in [2.24, 2.45) is 5.92 Å². The van der Waals surface area contributed by atoms with Crippen molar-refractivity contribution in [2.45, 2.75) is 38.1 Å². The molecule has 0 spiro atoms. The van der Waals surface area contributed by atoms with Crippen molar-refractivity contribution in [2.75, 3.05) is 11.4 Å². The fraction of sp³-hybridized carbons (Fsp3) is 0.533. The van der Waals surface area contributed by atoms with Gasteiger partial charge in [0.05, 0.1) is 11.3 Å². The van der Waals surface area contributed by atoms with Gasteiger partial charge in [0.1, 0.15) is 6.07 Å². The lowest BCUT2D eigenvalue weighted by Gasteiger charge is -2.39. The van der Waals surface area contributed by atoms with Crippen LogP contribution in [0.1, 0.15) is 37.7 Å². The van der Waals surface area contributed by atoms with E-state index in [1.165, 1.54) is 32.1 Å². The second-order valence-corrected chi connectivity index (χ2v) is 5.22. The zero-order chi connectivity index (χ0) is 11.7. The Morgan fingerprint density at radius 1 is 1.12 bits per heavy atom. The van der Waals surface area contributed by atoms with E-state index >= 15 is 0 Å². The Hall–Kier alpha value is -1.49. The molecule has 1 aliphatic heterocycles. The van der Waals surface area contributed by atoms with Crippen LogP contribution in [0.4, 0.5) is 5.69 Å². The molecule has 88 valence electrons. The number of para-hydroxylation sites is 1. The van der Waals surface area contributed by atoms with Crippen LogP contribution in [0.2, 0.25) is 0 Å². The average Bonchev–Trinajstić information content (AvgIpc) is 2.86. The lowest BCUT2D eigenvalue weighted by atomic mass is 9.91. The van der Waals surface area contributed by atoms with Crippen molar-refractivity contribution in [3.8, 4) is 6.07 Å². The molecule has 1 saturated heterocycles. The summed E-state index contributed by atoms with van der Waals surface area (Å²) in [5.74, 6) is 0.871. The Bertz CT molecular complexity index is 446. The standard InChI is InChI=1S/C15H18N2/c16-11-13-5-1-2-8-15(13)17-10-4-7-12-6-3-9-14(12)17/h1-2,5,8,12,14H,3-4,6-7,9-10H2. The topological polar surface area (TPSA) is 27.0 Å². The second-order valence-electron chi connectivity index (χ2n) is 5.22. The van der Waals surface area contributed by atoms with E-state index in [9.17, 15) is 5.26 Å². The molecule has 0 amide bonds. The molecule has 2 heteroatoms. The van der Waals surface area contributed by atoms with Gasteiger partial charge >= 0.3 is 0 Å². The van der Waals surface area contributed by atoms with Crippen molar-refractivity contribution in [3.05, 3.63) is 29.8 Å². The van der Waals surface area contributed by atoms with Gasteiger partial charge in [-0.25, -0.2) is 0 Å². The third kappa shape index (κ3) is 1.80. The minimum absolute atomic E-state index is 0.693. The van der Waals surface area contributed by atoms with Gasteiger partial charge in [0.15, 0.2) is 0 Å². The highest BCUT2D eigenvalue weighted by molar-refractivity contribution is 5.60. The second kappa shape index (κ2) is 4.41. The van der Waals surface area contributed by atoms with Crippen LogP contribution in [-0.4, -0.2) is 12.6 Å². The minimum atomic E-state index is 0.693. The van der Waals surface area contributed by atoms with Gasteiger partial charge in [0.2, 0.25) is 0 Å². The minimum Gasteiger partial charge on any atom is -0.367 e. The largest absolute Gasteiger partial charge is 0.367 e. The van der Waals surface area contributed by atoms with E-state index in [2.05, 4.69) is 23.1 Å². The van der Waals surface area contributed by atoms with E-state index in [0.29, 0.717) is 6.04 Å². The molecule has 1 aliphatic carbocycles. The number of fused-ring (bicyclic) bond motifs is 1. The molecule has 0 N–H and O–H groups in total. The Kier molecular flexibility index (Phi) is 2.76. The number of rotatable bonds is 1. The zero-order valence-corrected chi connectivity index (χ0v) is 10.1. The number of hydrogen-bond acceptors (Lipinski definition) is 2. The van der Waals surface area contributed by atoms with E-state index in [4.69, 9.17) is 0 Å². The summed E-state index contributed by atoms with van der Waals surface area (Å²) in [7, 11) is 0. The molecule has 17 heavy (non-hydrogen) atoms. The first kappa shape index (κ1) is 10.7. The molecule has 1 aromatic rings. The van der Waals surface area contributed by atoms with Crippen LogP contribution in [0.25, 0.3) is 0 Å². The van der Waals surface area contributed by atoms with Crippen LogP contribution in [0.15, 0.2) is 24.3 Å². The van der Waals surface area contributed by atoms with Crippen molar-refractivity contribution in [1.29, 1.82) is 5.26 Å². The highest BCUT2D eigenvalue weighted by Gasteiger charge is 2.35. The van der Waals surface area contributed by atoms with E-state index in [1.807, 2.05) is 12.1 Å². The SMILES string of the molecule is N#Cc1ccccc1N1CCCC2CCCC21. The van der Waals surface area contributed by atoms with Gasteiger partial charge < -0.3 is 4.90 Å². The summed E-state index contributed by atoms with van der Waals surface area (Å²) in [6, 6.07) is 11.1. The Labute approximate surface area is 103 Å². The first-order valence-electron chi connectivity index (χ1n) is 6.66. The molecule has 1 saturated carbocycles. The molecule has 0 aromatic heterocycles. The monoisotopic (exact) mass is 226 g/mol. The number of benzene rings is 1. The fourth-order valence-corrected chi connectivity index (χ4v) is 3.57. The molecule has 1 aromatic carbocycles. The summed E-state index contributed by atoms with van der Waals surface area (Å²) in [5.41, 5.74) is 1.99. The van der Waals surface area contributed by atoms with Crippen LogP contribution in [0.5, 0.6) is 0 Å². The number of piperidine rings is 1. The van der Waals surface area contributed by atoms with Crippen molar-refractivity contribution in [1.82, 2.24) is 0 Å². The third-order valence-corrected chi connectivity index (χ3v) is 4.33. The lowest BCUT2D eigenvalue weighted by Crippen LogP contribution is -2.42. The van der Waals surface area contributed by atoms with Gasteiger partial charge in [0.25, 0.3) is 0 Å². The first-order chi connectivity index (χ1) is 8.40. The summed E-state index contributed by atoms with van der Waals surface area (Å²) in [6.45, 7) is 1.12. The van der Waals surface area contributed by atoms with E-state index < -0.39 is 0 Å². The maximum absolute atomic E-state index is 9.21. The number of anilines is 1. The molecule has 2 atom stereocenters. The van der Waals surface area contributed by atoms with Crippen molar-refractivity contribution >= 4 is 5.69 Å². The molecular weight excluding hydrogens is 208 g/mol. The van der Waals surface area contributed by atoms with E-state index in [1.54, 1.807) is 0 Å². The Morgan fingerprint density at radius 3 is 2.82 bits per heavy atom. The molecule has 0 radical (unpaired) electrons. The number of nitriles is 1. The lowest BCUT2D eigenvalue weighted by molar-refractivity contribution is 0.362. The predicted molar refractivity (Wildman–Crippen MR) is 68.9 cm³/mol. The van der Waals surface area contributed by atoms with Crippen molar-refractivity contribution < 1.29 is 0 Å². The molecular formula is C15H18N2. The third-order valence-electron chi connectivity index (χ3n) is 4.33. The summed E-state index contributed by atoms with van der Waals surface area (Å²) >= 11 is 0. The van der Waals surface area contributed by atoms with Crippen LogP contribution >= 0.6 is 0 Å². The summed E-state index contributed by atoms with van der Waals surface area (Å²) < 4.78 is 0. The first-order valence-corrected chi connectivity index (χ1v) is 6.66.